The van der Waals surface area contributed by atoms with Crippen molar-refractivity contribution in [2.24, 2.45) is 14.1 Å². The van der Waals surface area contributed by atoms with Crippen LogP contribution < -0.4 is 11.2 Å². The molecule has 0 spiro atoms. The number of imidazole rings is 1. The van der Waals surface area contributed by atoms with Crippen LogP contribution in [-0.2, 0) is 26.2 Å². The second kappa shape index (κ2) is 6.08. The highest BCUT2D eigenvalue weighted by Gasteiger charge is 2.51. The highest BCUT2D eigenvalue weighted by atomic mass is 19.4. The van der Waals surface area contributed by atoms with Crippen LogP contribution in [0.25, 0.3) is 11.2 Å². The van der Waals surface area contributed by atoms with E-state index in [-0.39, 0.29) is 28.8 Å². The Morgan fingerprint density at radius 2 is 1.85 bits per heavy atom. The van der Waals surface area contributed by atoms with Gasteiger partial charge >= 0.3 is 11.9 Å². The highest BCUT2D eigenvalue weighted by molar-refractivity contribution is 5.69. The summed E-state index contributed by atoms with van der Waals surface area (Å²) in [7, 11) is 3.06. The third kappa shape index (κ3) is 2.95. The lowest BCUT2D eigenvalue weighted by molar-refractivity contribution is -0.258. The molecule has 1 aromatic carbocycles. The molecule has 10 heteroatoms. The SMILES string of the molecule is Cn1cnc2c1c(=O)n(Cc1cccc(C(C)(O)C(F)(F)F)c1)c(=O)n2C. The van der Waals surface area contributed by atoms with Gasteiger partial charge in [0, 0.05) is 14.1 Å². The Hall–Kier alpha value is -2.88. The Morgan fingerprint density at radius 1 is 1.19 bits per heavy atom. The van der Waals surface area contributed by atoms with Crippen molar-refractivity contribution in [3.05, 3.63) is 62.6 Å². The first kappa shape index (κ1) is 18.9. The minimum absolute atomic E-state index is 0.204. The van der Waals surface area contributed by atoms with Gasteiger partial charge in [0.25, 0.3) is 5.56 Å². The molecule has 0 fully saturated rings. The zero-order valence-electron chi connectivity index (χ0n) is 14.8. The largest absolute Gasteiger partial charge is 0.421 e. The number of nitrogens with zero attached hydrogens (tertiary/aromatic N) is 4. The number of rotatable bonds is 3. The van der Waals surface area contributed by atoms with Gasteiger partial charge in [-0.2, -0.15) is 13.2 Å². The fraction of sp³-hybridized carbons (Fsp3) is 0.353. The van der Waals surface area contributed by atoms with E-state index >= 15 is 0 Å². The van der Waals surface area contributed by atoms with Gasteiger partial charge < -0.3 is 9.67 Å². The molecule has 0 aliphatic heterocycles. The van der Waals surface area contributed by atoms with Crippen LogP contribution in [0, 0.1) is 0 Å². The molecule has 0 aliphatic carbocycles. The molecule has 0 bridgehead atoms. The van der Waals surface area contributed by atoms with Crippen molar-refractivity contribution in [2.75, 3.05) is 0 Å². The van der Waals surface area contributed by atoms with E-state index < -0.39 is 23.0 Å². The number of hydrogen-bond donors (Lipinski definition) is 1. The molecule has 0 saturated heterocycles. The van der Waals surface area contributed by atoms with Gasteiger partial charge in [0.15, 0.2) is 16.8 Å². The molecule has 1 N–H and O–H groups in total. The number of halogens is 3. The second-order valence-corrected chi connectivity index (χ2v) is 6.53. The normalized spacial score (nSPS) is 14.5. The van der Waals surface area contributed by atoms with E-state index in [1.807, 2.05) is 0 Å². The lowest BCUT2D eigenvalue weighted by Gasteiger charge is -2.27. The summed E-state index contributed by atoms with van der Waals surface area (Å²) < 4.78 is 42.8. The number of benzene rings is 1. The third-order valence-corrected chi connectivity index (χ3v) is 4.58. The van der Waals surface area contributed by atoms with Gasteiger partial charge in [-0.15, -0.1) is 0 Å². The van der Waals surface area contributed by atoms with Gasteiger partial charge in [-0.1, -0.05) is 24.3 Å². The number of hydrogen-bond acceptors (Lipinski definition) is 4. The molecule has 3 rings (SSSR count). The smallest absolute Gasteiger partial charge is 0.376 e. The summed E-state index contributed by atoms with van der Waals surface area (Å²) in [4.78, 5) is 29.2. The molecule has 2 aromatic heterocycles. The lowest BCUT2D eigenvalue weighted by atomic mass is 9.94. The van der Waals surface area contributed by atoms with E-state index in [1.165, 1.54) is 34.6 Å². The van der Waals surface area contributed by atoms with Gasteiger partial charge in [-0.25, -0.2) is 9.78 Å². The fourth-order valence-corrected chi connectivity index (χ4v) is 2.85. The Bertz CT molecular complexity index is 1140. The number of alkyl halides is 3. The number of aryl methyl sites for hydroxylation is 2. The molecule has 2 heterocycles. The number of aliphatic hydroxyl groups is 1. The first-order valence-electron chi connectivity index (χ1n) is 7.94. The van der Waals surface area contributed by atoms with Crippen LogP contribution >= 0.6 is 0 Å². The summed E-state index contributed by atoms with van der Waals surface area (Å²) in [5.74, 6) is 0. The predicted molar refractivity (Wildman–Crippen MR) is 91.4 cm³/mol. The average molecular weight is 382 g/mol. The van der Waals surface area contributed by atoms with Gasteiger partial charge in [0.2, 0.25) is 0 Å². The molecule has 1 atom stereocenters. The molecule has 0 amide bonds. The van der Waals surface area contributed by atoms with Gasteiger partial charge in [0.1, 0.15) is 0 Å². The lowest BCUT2D eigenvalue weighted by Crippen LogP contribution is -2.40. The van der Waals surface area contributed by atoms with Crippen LogP contribution in [0.3, 0.4) is 0 Å². The number of aromatic nitrogens is 4. The van der Waals surface area contributed by atoms with Gasteiger partial charge in [-0.05, 0) is 18.1 Å². The maximum atomic E-state index is 13.1. The molecular formula is C17H17F3N4O3. The van der Waals surface area contributed by atoms with Crippen LogP contribution in [0.15, 0.2) is 40.2 Å². The van der Waals surface area contributed by atoms with Crippen LogP contribution in [0.1, 0.15) is 18.1 Å². The standard InChI is InChI=1S/C17H17F3N4O3/c1-16(27,17(18,19)20)11-6-4-5-10(7-11)8-24-14(25)12-13(21-9-22(12)2)23(3)15(24)26/h4-7,9,27H,8H2,1-3H3. The average Bonchev–Trinajstić information content (AvgIpc) is 2.98. The minimum Gasteiger partial charge on any atom is -0.376 e. The summed E-state index contributed by atoms with van der Waals surface area (Å²) in [6.45, 7) is 0.410. The minimum atomic E-state index is -4.87. The molecule has 0 aliphatic rings. The van der Waals surface area contributed by atoms with Crippen molar-refractivity contribution in [1.82, 2.24) is 18.7 Å². The van der Waals surface area contributed by atoms with E-state index in [0.29, 0.717) is 6.92 Å². The molecule has 0 saturated carbocycles. The fourth-order valence-electron chi connectivity index (χ4n) is 2.85. The van der Waals surface area contributed by atoms with Crippen molar-refractivity contribution < 1.29 is 18.3 Å². The Balaban J connectivity index is 2.12. The van der Waals surface area contributed by atoms with Crippen LogP contribution in [-0.4, -0.2) is 30.0 Å². The summed E-state index contributed by atoms with van der Waals surface area (Å²) in [6.07, 6.45) is -3.47. The van der Waals surface area contributed by atoms with Crippen molar-refractivity contribution in [3.63, 3.8) is 0 Å². The topological polar surface area (TPSA) is 82.1 Å². The van der Waals surface area contributed by atoms with Crippen molar-refractivity contribution in [3.8, 4) is 0 Å². The second-order valence-electron chi connectivity index (χ2n) is 6.53. The maximum Gasteiger partial charge on any atom is 0.421 e. The van der Waals surface area contributed by atoms with E-state index in [0.717, 1.165) is 16.7 Å². The zero-order valence-corrected chi connectivity index (χ0v) is 14.8. The van der Waals surface area contributed by atoms with Crippen molar-refractivity contribution >= 4 is 11.2 Å². The summed E-state index contributed by atoms with van der Waals surface area (Å²) in [5.41, 5.74) is -3.96. The first-order valence-corrected chi connectivity index (χ1v) is 7.94. The number of fused-ring (bicyclic) bond motifs is 1. The molecule has 0 radical (unpaired) electrons. The quantitative estimate of drug-likeness (QED) is 0.739. The highest BCUT2D eigenvalue weighted by Crippen LogP contribution is 2.38. The van der Waals surface area contributed by atoms with Gasteiger partial charge in [0.05, 0.1) is 12.9 Å². The Labute approximate surface area is 150 Å². The van der Waals surface area contributed by atoms with Crippen LogP contribution in [0.5, 0.6) is 0 Å². The van der Waals surface area contributed by atoms with E-state index in [9.17, 15) is 27.9 Å². The monoisotopic (exact) mass is 382 g/mol. The Morgan fingerprint density at radius 3 is 2.48 bits per heavy atom. The third-order valence-electron chi connectivity index (χ3n) is 4.58. The van der Waals surface area contributed by atoms with E-state index in [2.05, 4.69) is 4.98 Å². The molecule has 1 unspecified atom stereocenters. The van der Waals surface area contributed by atoms with E-state index in [1.54, 1.807) is 7.05 Å². The summed E-state index contributed by atoms with van der Waals surface area (Å²) in [6, 6.07) is 5.09. The predicted octanol–water partition coefficient (Wildman–Crippen LogP) is 1.25. The molecule has 3 aromatic rings. The van der Waals surface area contributed by atoms with Crippen LogP contribution in [0.2, 0.25) is 0 Å². The van der Waals surface area contributed by atoms with Gasteiger partial charge in [-0.3, -0.25) is 13.9 Å². The summed E-state index contributed by atoms with van der Waals surface area (Å²) in [5, 5.41) is 9.85. The molecule has 7 nitrogen and oxygen atoms in total. The van der Waals surface area contributed by atoms with E-state index in [4.69, 9.17) is 0 Å². The van der Waals surface area contributed by atoms with Crippen molar-refractivity contribution in [2.45, 2.75) is 25.2 Å². The Kier molecular flexibility index (Phi) is 4.26. The van der Waals surface area contributed by atoms with Crippen LogP contribution in [0.4, 0.5) is 13.2 Å². The first-order chi connectivity index (χ1) is 12.4. The summed E-state index contributed by atoms with van der Waals surface area (Å²) >= 11 is 0. The molecule has 144 valence electrons. The molecule has 27 heavy (non-hydrogen) atoms. The maximum absolute atomic E-state index is 13.1. The van der Waals surface area contributed by atoms with Crippen molar-refractivity contribution in [1.29, 1.82) is 0 Å². The molecular weight excluding hydrogens is 365 g/mol. The zero-order chi connectivity index (χ0) is 20.1.